The van der Waals surface area contributed by atoms with Gasteiger partial charge in [0.25, 0.3) is 0 Å². The van der Waals surface area contributed by atoms with Crippen LogP contribution < -0.4 is 5.73 Å². The minimum absolute atomic E-state index is 0.793. The molecule has 11 heavy (non-hydrogen) atoms. The molecule has 62 valence electrons. The Morgan fingerprint density at radius 1 is 1.36 bits per heavy atom. The molecule has 0 radical (unpaired) electrons. The molecule has 3 heteroatoms. The van der Waals surface area contributed by atoms with E-state index in [2.05, 4.69) is 4.99 Å². The Labute approximate surface area is 71.6 Å². The summed E-state index contributed by atoms with van der Waals surface area (Å²) in [5.41, 5.74) is 5.65. The van der Waals surface area contributed by atoms with Gasteiger partial charge in [-0.25, -0.2) is 0 Å². The largest absolute Gasteiger partial charge is 0.379 e. The third-order valence-corrected chi connectivity index (χ3v) is 3.89. The van der Waals surface area contributed by atoms with Crippen LogP contribution in [0.2, 0.25) is 0 Å². The fourth-order valence-electron chi connectivity index (χ4n) is 1.94. The molecule has 2 nitrogen and oxygen atoms in total. The fraction of sp³-hybridized carbons (Fsp3) is 0.875. The average Bonchev–Trinajstić information content (AvgIpc) is 2.04. The van der Waals surface area contributed by atoms with Gasteiger partial charge in [0.2, 0.25) is 0 Å². The number of fused-ring (bicyclic) bond motifs is 1. The van der Waals surface area contributed by atoms with E-state index in [1.807, 2.05) is 0 Å². The second kappa shape index (κ2) is 3.05. The van der Waals surface area contributed by atoms with E-state index >= 15 is 0 Å². The number of thioether (sulfide) groups is 1. The monoisotopic (exact) mass is 170 g/mol. The Morgan fingerprint density at radius 2 is 2.18 bits per heavy atom. The van der Waals surface area contributed by atoms with Gasteiger partial charge in [0.1, 0.15) is 0 Å². The summed E-state index contributed by atoms with van der Waals surface area (Å²) in [5, 5.41) is 1.61. The molecule has 0 aromatic rings. The highest BCUT2D eigenvalue weighted by Crippen LogP contribution is 2.36. The molecule has 0 bridgehead atoms. The molecule has 0 spiro atoms. The molecule has 2 atom stereocenters. The van der Waals surface area contributed by atoms with Crippen LogP contribution in [0.3, 0.4) is 0 Å². The SMILES string of the molecule is NC1=NC[C@H]2CCCC[C@H]2S1. The van der Waals surface area contributed by atoms with E-state index in [-0.39, 0.29) is 0 Å². The summed E-state index contributed by atoms with van der Waals surface area (Å²) in [6.07, 6.45) is 5.51. The zero-order chi connectivity index (χ0) is 7.68. The summed E-state index contributed by atoms with van der Waals surface area (Å²) < 4.78 is 0. The summed E-state index contributed by atoms with van der Waals surface area (Å²) in [4.78, 5) is 4.27. The number of amidine groups is 1. The predicted molar refractivity (Wildman–Crippen MR) is 49.8 cm³/mol. The molecular formula is C8H14N2S. The Hall–Kier alpha value is -0.180. The van der Waals surface area contributed by atoms with Gasteiger partial charge in [-0.05, 0) is 18.8 Å². The van der Waals surface area contributed by atoms with Gasteiger partial charge in [-0.1, -0.05) is 24.6 Å². The van der Waals surface area contributed by atoms with Crippen LogP contribution in [0.15, 0.2) is 4.99 Å². The molecule has 1 aliphatic heterocycles. The predicted octanol–water partition coefficient (Wildman–Crippen LogP) is 1.61. The molecule has 1 saturated carbocycles. The van der Waals surface area contributed by atoms with Crippen LogP contribution in [0.4, 0.5) is 0 Å². The molecule has 1 aliphatic carbocycles. The van der Waals surface area contributed by atoms with E-state index in [0.717, 1.165) is 22.9 Å². The maximum absolute atomic E-state index is 5.65. The van der Waals surface area contributed by atoms with Crippen molar-refractivity contribution in [2.75, 3.05) is 6.54 Å². The van der Waals surface area contributed by atoms with E-state index in [1.165, 1.54) is 25.7 Å². The van der Waals surface area contributed by atoms with Crippen molar-refractivity contribution >= 4 is 16.9 Å². The minimum atomic E-state index is 0.793. The van der Waals surface area contributed by atoms with Crippen molar-refractivity contribution in [1.82, 2.24) is 0 Å². The maximum atomic E-state index is 5.65. The van der Waals surface area contributed by atoms with Crippen LogP contribution in [0.5, 0.6) is 0 Å². The molecule has 0 aromatic heterocycles. The van der Waals surface area contributed by atoms with Crippen molar-refractivity contribution in [2.45, 2.75) is 30.9 Å². The summed E-state index contributed by atoms with van der Waals surface area (Å²) >= 11 is 1.80. The zero-order valence-corrected chi connectivity index (χ0v) is 7.44. The van der Waals surface area contributed by atoms with Crippen molar-refractivity contribution in [3.8, 4) is 0 Å². The Kier molecular flexibility index (Phi) is 2.07. The van der Waals surface area contributed by atoms with E-state index < -0.39 is 0 Å². The first-order valence-electron chi connectivity index (χ1n) is 4.33. The van der Waals surface area contributed by atoms with Crippen molar-refractivity contribution in [3.63, 3.8) is 0 Å². The number of rotatable bonds is 0. The van der Waals surface area contributed by atoms with Crippen molar-refractivity contribution < 1.29 is 0 Å². The second-order valence-corrected chi connectivity index (χ2v) is 4.64. The molecular weight excluding hydrogens is 156 g/mol. The lowest BCUT2D eigenvalue weighted by atomic mass is 9.89. The molecule has 1 heterocycles. The highest BCUT2D eigenvalue weighted by atomic mass is 32.2. The van der Waals surface area contributed by atoms with E-state index in [0.29, 0.717) is 0 Å². The van der Waals surface area contributed by atoms with Gasteiger partial charge in [0.15, 0.2) is 5.17 Å². The summed E-state index contributed by atoms with van der Waals surface area (Å²) in [5.74, 6) is 0.834. The number of aliphatic imine (C=N–C) groups is 1. The summed E-state index contributed by atoms with van der Waals surface area (Å²) in [7, 11) is 0. The van der Waals surface area contributed by atoms with Gasteiger partial charge in [0, 0.05) is 11.8 Å². The summed E-state index contributed by atoms with van der Waals surface area (Å²) in [6, 6.07) is 0. The topological polar surface area (TPSA) is 38.4 Å². The fourth-order valence-corrected chi connectivity index (χ4v) is 3.10. The maximum Gasteiger partial charge on any atom is 0.154 e. The number of nitrogens with two attached hydrogens (primary N) is 1. The highest BCUT2D eigenvalue weighted by Gasteiger charge is 2.28. The van der Waals surface area contributed by atoms with Crippen LogP contribution in [-0.2, 0) is 0 Å². The first kappa shape index (κ1) is 7.47. The quantitative estimate of drug-likeness (QED) is 0.600. The average molecular weight is 170 g/mol. The third-order valence-electron chi connectivity index (χ3n) is 2.59. The number of hydrogen-bond acceptors (Lipinski definition) is 3. The smallest absolute Gasteiger partial charge is 0.154 e. The molecule has 1 fully saturated rings. The minimum Gasteiger partial charge on any atom is -0.379 e. The molecule has 0 amide bonds. The first-order chi connectivity index (χ1) is 5.36. The highest BCUT2D eigenvalue weighted by molar-refractivity contribution is 8.14. The van der Waals surface area contributed by atoms with Gasteiger partial charge in [-0.3, -0.25) is 4.99 Å². The number of hydrogen-bond donors (Lipinski definition) is 1. The van der Waals surface area contributed by atoms with E-state index in [1.54, 1.807) is 11.8 Å². The van der Waals surface area contributed by atoms with E-state index in [9.17, 15) is 0 Å². The second-order valence-electron chi connectivity index (χ2n) is 3.38. The Morgan fingerprint density at radius 3 is 3.09 bits per heavy atom. The lowest BCUT2D eigenvalue weighted by molar-refractivity contribution is 0.377. The van der Waals surface area contributed by atoms with Gasteiger partial charge in [-0.2, -0.15) is 0 Å². The van der Waals surface area contributed by atoms with E-state index in [4.69, 9.17) is 5.73 Å². The van der Waals surface area contributed by atoms with Crippen LogP contribution in [-0.4, -0.2) is 17.0 Å². The molecule has 2 rings (SSSR count). The van der Waals surface area contributed by atoms with Crippen LogP contribution in [0, 0.1) is 5.92 Å². The molecule has 0 saturated heterocycles. The zero-order valence-electron chi connectivity index (χ0n) is 6.62. The Bertz CT molecular complexity index is 179. The third kappa shape index (κ3) is 1.53. The van der Waals surface area contributed by atoms with Gasteiger partial charge < -0.3 is 5.73 Å². The standard InChI is InChI=1S/C8H14N2S/c9-8-10-5-6-3-1-2-4-7(6)11-8/h6-7H,1-5H2,(H2,9,10)/t6-,7-/m1/s1. The molecule has 0 unspecified atom stereocenters. The lowest BCUT2D eigenvalue weighted by Gasteiger charge is -2.32. The van der Waals surface area contributed by atoms with Crippen LogP contribution >= 0.6 is 11.8 Å². The van der Waals surface area contributed by atoms with Crippen molar-refractivity contribution in [3.05, 3.63) is 0 Å². The lowest BCUT2D eigenvalue weighted by Crippen LogP contribution is -2.31. The molecule has 2 aliphatic rings. The van der Waals surface area contributed by atoms with Gasteiger partial charge in [0.05, 0.1) is 0 Å². The molecule has 0 aromatic carbocycles. The van der Waals surface area contributed by atoms with Crippen LogP contribution in [0.1, 0.15) is 25.7 Å². The number of nitrogens with zero attached hydrogens (tertiary/aromatic N) is 1. The van der Waals surface area contributed by atoms with Gasteiger partial charge >= 0.3 is 0 Å². The van der Waals surface area contributed by atoms with Crippen LogP contribution in [0.25, 0.3) is 0 Å². The van der Waals surface area contributed by atoms with Gasteiger partial charge in [-0.15, -0.1) is 0 Å². The first-order valence-corrected chi connectivity index (χ1v) is 5.21. The molecule has 2 N–H and O–H groups in total. The summed E-state index contributed by atoms with van der Waals surface area (Å²) in [6.45, 7) is 0.990. The Balaban J connectivity index is 2.04. The van der Waals surface area contributed by atoms with Crippen molar-refractivity contribution in [2.24, 2.45) is 16.6 Å². The van der Waals surface area contributed by atoms with Crippen molar-refractivity contribution in [1.29, 1.82) is 0 Å². The normalized spacial score (nSPS) is 37.6.